The predicted molar refractivity (Wildman–Crippen MR) is 92.1 cm³/mol. The van der Waals surface area contributed by atoms with Crippen LogP contribution in [-0.4, -0.2) is 16.3 Å². The second kappa shape index (κ2) is 7.45. The summed E-state index contributed by atoms with van der Waals surface area (Å²) in [7, 11) is 0. The Bertz CT molecular complexity index is 731. The van der Waals surface area contributed by atoms with Gasteiger partial charge in [0.15, 0.2) is 0 Å². The van der Waals surface area contributed by atoms with Gasteiger partial charge >= 0.3 is 6.09 Å². The highest BCUT2D eigenvalue weighted by atomic mass is 79.9. The lowest BCUT2D eigenvalue weighted by molar-refractivity contribution is 0.209. The fourth-order valence-electron chi connectivity index (χ4n) is 1.95. The topological polar surface area (TPSA) is 69.6 Å². The number of rotatable bonds is 4. The summed E-state index contributed by atoms with van der Waals surface area (Å²) in [5, 5.41) is 21.1. The quantitative estimate of drug-likeness (QED) is 0.662. The second-order valence-electron chi connectivity index (χ2n) is 4.47. The molecule has 0 unspecified atom stereocenters. The van der Waals surface area contributed by atoms with Crippen LogP contribution in [0.2, 0.25) is 5.02 Å². The molecule has 0 aromatic heterocycles. The zero-order valence-corrected chi connectivity index (χ0v) is 13.7. The van der Waals surface area contributed by atoms with E-state index in [9.17, 15) is 9.90 Å². The molecule has 0 atom stereocenters. The number of carboxylic acid groups (broad SMARTS) is 1. The van der Waals surface area contributed by atoms with E-state index >= 15 is 0 Å². The van der Waals surface area contributed by atoms with Gasteiger partial charge in [0.05, 0.1) is 17.3 Å². The molecular weight excluding hydrogens is 370 g/mol. The van der Waals surface area contributed by atoms with E-state index in [0.29, 0.717) is 20.7 Å². The smallest absolute Gasteiger partial charge is 0.409 e. The third kappa shape index (κ3) is 4.10. The third-order valence-corrected chi connectivity index (χ3v) is 4.19. The first-order valence-corrected chi connectivity index (χ1v) is 7.54. The average Bonchev–Trinajstić information content (AvgIpc) is 2.48. The molecule has 0 saturated heterocycles. The number of anilines is 1. The van der Waals surface area contributed by atoms with Crippen LogP contribution in [0.4, 0.5) is 10.5 Å². The molecule has 2 rings (SSSR count). The molecule has 1 amide bonds. The van der Waals surface area contributed by atoms with E-state index in [0.717, 1.165) is 11.1 Å². The standard InChI is InChI=1S/C16H13BrClNO3/c17-13-7-12(9-20)11(8-14(13)18)6-5-10-3-1-2-4-15(10)19-16(21)22/h1-8,19-20H,9H2,(H,21,22)/b6-5+. The number of amides is 1. The van der Waals surface area contributed by atoms with Crippen LogP contribution >= 0.6 is 27.5 Å². The molecule has 114 valence electrons. The molecule has 0 radical (unpaired) electrons. The van der Waals surface area contributed by atoms with Gasteiger partial charge in [0.25, 0.3) is 0 Å². The summed E-state index contributed by atoms with van der Waals surface area (Å²) in [4.78, 5) is 10.8. The molecule has 0 aliphatic heterocycles. The van der Waals surface area contributed by atoms with E-state index in [1.807, 2.05) is 6.07 Å². The van der Waals surface area contributed by atoms with Crippen molar-refractivity contribution >= 4 is 51.5 Å². The molecule has 6 heteroatoms. The molecule has 2 aromatic rings. The number of aliphatic hydroxyl groups excluding tert-OH is 1. The van der Waals surface area contributed by atoms with Gasteiger partial charge in [-0.3, -0.25) is 5.32 Å². The van der Waals surface area contributed by atoms with Gasteiger partial charge in [-0.15, -0.1) is 0 Å². The fourth-order valence-corrected chi connectivity index (χ4v) is 2.51. The zero-order valence-electron chi connectivity index (χ0n) is 11.4. The molecular formula is C16H13BrClNO3. The van der Waals surface area contributed by atoms with E-state index in [4.69, 9.17) is 16.7 Å². The van der Waals surface area contributed by atoms with Gasteiger partial charge in [0, 0.05) is 4.47 Å². The zero-order chi connectivity index (χ0) is 16.1. The van der Waals surface area contributed by atoms with Gasteiger partial charge in [-0.2, -0.15) is 0 Å². The summed E-state index contributed by atoms with van der Waals surface area (Å²) in [5.74, 6) is 0. The molecule has 0 aliphatic carbocycles. The van der Waals surface area contributed by atoms with Crippen molar-refractivity contribution in [3.8, 4) is 0 Å². The Hall–Kier alpha value is -1.82. The number of carbonyl (C=O) groups is 1. The van der Waals surface area contributed by atoms with Crippen LogP contribution in [-0.2, 0) is 6.61 Å². The molecule has 0 saturated carbocycles. The number of nitrogens with one attached hydrogen (secondary N) is 1. The van der Waals surface area contributed by atoms with E-state index < -0.39 is 6.09 Å². The minimum Gasteiger partial charge on any atom is -0.465 e. The minimum atomic E-state index is -1.12. The number of aliphatic hydroxyl groups is 1. The number of hydrogen-bond donors (Lipinski definition) is 3. The lowest BCUT2D eigenvalue weighted by Gasteiger charge is -2.07. The van der Waals surface area contributed by atoms with Crippen LogP contribution < -0.4 is 5.32 Å². The average molecular weight is 383 g/mol. The fraction of sp³-hybridized carbons (Fsp3) is 0.0625. The van der Waals surface area contributed by atoms with E-state index in [2.05, 4.69) is 21.2 Å². The number of hydrogen-bond acceptors (Lipinski definition) is 2. The molecule has 22 heavy (non-hydrogen) atoms. The van der Waals surface area contributed by atoms with Crippen molar-refractivity contribution in [2.75, 3.05) is 5.32 Å². The van der Waals surface area contributed by atoms with Crippen molar-refractivity contribution in [2.45, 2.75) is 6.61 Å². The lowest BCUT2D eigenvalue weighted by Crippen LogP contribution is -2.08. The molecule has 0 heterocycles. The van der Waals surface area contributed by atoms with Crippen LogP contribution in [0.1, 0.15) is 16.7 Å². The van der Waals surface area contributed by atoms with Crippen LogP contribution in [0, 0.1) is 0 Å². The van der Waals surface area contributed by atoms with Crippen molar-refractivity contribution in [3.05, 3.63) is 62.6 Å². The summed E-state index contributed by atoms with van der Waals surface area (Å²) < 4.78 is 0.711. The molecule has 0 aliphatic rings. The van der Waals surface area contributed by atoms with Crippen LogP contribution in [0.15, 0.2) is 40.9 Å². The first-order chi connectivity index (χ1) is 10.5. The predicted octanol–water partition coefficient (Wildman–Crippen LogP) is 4.86. The van der Waals surface area contributed by atoms with Crippen molar-refractivity contribution in [3.63, 3.8) is 0 Å². The Morgan fingerprint density at radius 2 is 1.91 bits per heavy atom. The summed E-state index contributed by atoms with van der Waals surface area (Å²) >= 11 is 9.39. The molecule has 0 bridgehead atoms. The Kier molecular flexibility index (Phi) is 5.60. The highest BCUT2D eigenvalue weighted by Crippen LogP contribution is 2.28. The van der Waals surface area contributed by atoms with Gasteiger partial charge in [-0.05, 0) is 50.8 Å². The van der Waals surface area contributed by atoms with Gasteiger partial charge in [0.2, 0.25) is 0 Å². The number of benzene rings is 2. The summed E-state index contributed by atoms with van der Waals surface area (Å²) in [6.45, 7) is -0.121. The summed E-state index contributed by atoms with van der Waals surface area (Å²) in [6.07, 6.45) is 2.43. The third-order valence-electron chi connectivity index (χ3n) is 3.00. The maximum Gasteiger partial charge on any atom is 0.409 e. The van der Waals surface area contributed by atoms with Crippen molar-refractivity contribution < 1.29 is 15.0 Å². The van der Waals surface area contributed by atoms with Gasteiger partial charge in [-0.1, -0.05) is 42.0 Å². The second-order valence-corrected chi connectivity index (χ2v) is 5.74. The van der Waals surface area contributed by atoms with E-state index in [-0.39, 0.29) is 6.61 Å². The van der Waals surface area contributed by atoms with Gasteiger partial charge < -0.3 is 10.2 Å². The number of para-hydroxylation sites is 1. The highest BCUT2D eigenvalue weighted by Gasteiger charge is 2.06. The number of halogens is 2. The monoisotopic (exact) mass is 381 g/mol. The minimum absolute atomic E-state index is 0.121. The maximum atomic E-state index is 10.8. The van der Waals surface area contributed by atoms with Crippen LogP contribution in [0.3, 0.4) is 0 Å². The van der Waals surface area contributed by atoms with Crippen molar-refractivity contribution in [1.29, 1.82) is 0 Å². The van der Waals surface area contributed by atoms with E-state index in [1.165, 1.54) is 0 Å². The molecule has 0 fully saturated rings. The van der Waals surface area contributed by atoms with Crippen LogP contribution in [0.5, 0.6) is 0 Å². The first kappa shape index (κ1) is 16.5. The van der Waals surface area contributed by atoms with Crippen molar-refractivity contribution in [1.82, 2.24) is 0 Å². The van der Waals surface area contributed by atoms with Gasteiger partial charge in [-0.25, -0.2) is 4.79 Å². The summed E-state index contributed by atoms with van der Waals surface area (Å²) in [6, 6.07) is 10.5. The SMILES string of the molecule is O=C(O)Nc1ccccc1/C=C/c1cc(Cl)c(Br)cc1CO. The molecule has 4 nitrogen and oxygen atoms in total. The Balaban J connectivity index is 2.37. The van der Waals surface area contributed by atoms with Crippen LogP contribution in [0.25, 0.3) is 12.2 Å². The Labute approximate surface area is 141 Å². The largest absolute Gasteiger partial charge is 0.465 e. The maximum absolute atomic E-state index is 10.8. The Morgan fingerprint density at radius 3 is 2.59 bits per heavy atom. The first-order valence-electron chi connectivity index (χ1n) is 6.37. The molecule has 2 aromatic carbocycles. The normalized spacial score (nSPS) is 10.9. The molecule has 0 spiro atoms. The van der Waals surface area contributed by atoms with Crippen molar-refractivity contribution in [2.24, 2.45) is 0 Å². The summed E-state index contributed by atoms with van der Waals surface area (Å²) in [5.41, 5.74) is 2.69. The highest BCUT2D eigenvalue weighted by molar-refractivity contribution is 9.10. The van der Waals surface area contributed by atoms with E-state index in [1.54, 1.807) is 42.5 Å². The Morgan fingerprint density at radius 1 is 1.23 bits per heavy atom. The lowest BCUT2D eigenvalue weighted by atomic mass is 10.1. The van der Waals surface area contributed by atoms with Gasteiger partial charge in [0.1, 0.15) is 0 Å². The molecule has 3 N–H and O–H groups in total.